The first-order valence-corrected chi connectivity index (χ1v) is 18.5. The summed E-state index contributed by atoms with van der Waals surface area (Å²) in [5.41, 5.74) is 0.509. The first-order valence-electron chi connectivity index (χ1n) is 15.1. The van der Waals surface area contributed by atoms with Gasteiger partial charge in [0.1, 0.15) is 17.2 Å². The van der Waals surface area contributed by atoms with Gasteiger partial charge in [-0.2, -0.15) is 0 Å². The van der Waals surface area contributed by atoms with Gasteiger partial charge in [0.2, 0.25) is 0 Å². The first kappa shape index (κ1) is 31.9. The van der Waals surface area contributed by atoms with Crippen LogP contribution in [0.15, 0.2) is 48.5 Å². The topological polar surface area (TPSA) is 44.8 Å². The number of carbonyl (C=O) groups excluding carboxylic acids is 1. The van der Waals surface area contributed by atoms with E-state index in [-0.39, 0.29) is 5.97 Å². The molecule has 0 heterocycles. The van der Waals surface area contributed by atoms with Crippen molar-refractivity contribution < 1.29 is 19.0 Å². The maximum Gasteiger partial charge on any atom is 0.343 e. The van der Waals surface area contributed by atoms with E-state index in [0.29, 0.717) is 17.9 Å². The largest absolute Gasteiger partial charge is 0.494 e. The molecule has 212 valence electrons. The summed E-state index contributed by atoms with van der Waals surface area (Å²) in [6, 6.07) is 17.3. The van der Waals surface area contributed by atoms with E-state index in [1.54, 1.807) is 24.3 Å². The molecule has 2 rings (SSSR count). The molecule has 0 amide bonds. The summed E-state index contributed by atoms with van der Waals surface area (Å²) in [6.45, 7) is 11.0. The van der Waals surface area contributed by atoms with E-state index in [1.807, 2.05) is 24.3 Å². The van der Waals surface area contributed by atoms with Crippen molar-refractivity contribution in [1.29, 1.82) is 0 Å². The zero-order chi connectivity index (χ0) is 27.5. The first-order chi connectivity index (χ1) is 18.4. The van der Waals surface area contributed by atoms with E-state index in [0.717, 1.165) is 30.9 Å². The predicted octanol–water partition coefficient (Wildman–Crippen LogP) is 10.1. The molecule has 0 saturated carbocycles. The molecule has 4 nitrogen and oxygen atoms in total. The summed E-state index contributed by atoms with van der Waals surface area (Å²) >= 11 is 0. The van der Waals surface area contributed by atoms with Gasteiger partial charge in [-0.25, -0.2) is 4.79 Å². The highest BCUT2D eigenvalue weighted by Gasteiger charge is 2.16. The van der Waals surface area contributed by atoms with E-state index in [4.69, 9.17) is 14.2 Å². The van der Waals surface area contributed by atoms with Crippen LogP contribution in [0.3, 0.4) is 0 Å². The molecule has 2 aromatic rings. The third-order valence-electron chi connectivity index (χ3n) is 7.36. The average molecular weight is 541 g/mol. The third kappa shape index (κ3) is 14.0. The molecule has 0 aliphatic rings. The number of carbonyl (C=O) groups is 1. The summed E-state index contributed by atoms with van der Waals surface area (Å²) in [7, 11) is -0.926. The lowest BCUT2D eigenvalue weighted by Gasteiger charge is -2.19. The fourth-order valence-corrected chi connectivity index (χ4v) is 5.87. The van der Waals surface area contributed by atoms with Gasteiger partial charge in [-0.05, 0) is 61.4 Å². The van der Waals surface area contributed by atoms with Gasteiger partial charge in [0.25, 0.3) is 0 Å². The molecule has 0 aromatic heterocycles. The lowest BCUT2D eigenvalue weighted by Crippen LogP contribution is -2.22. The fraction of sp³-hybridized carbons (Fsp3) is 0.606. The van der Waals surface area contributed by atoms with Gasteiger partial charge >= 0.3 is 5.97 Å². The Morgan fingerprint density at radius 1 is 0.605 bits per heavy atom. The van der Waals surface area contributed by atoms with Crippen molar-refractivity contribution in [3.05, 3.63) is 54.1 Å². The summed E-state index contributed by atoms with van der Waals surface area (Å²) in [6.07, 6.45) is 15.2. The standard InChI is InChI=1S/C33H52O4Si/c1-5-7-8-9-10-11-12-15-26-35-30-20-18-29(19-21-30)33(34)37-32-24-22-31(23-25-32)36-27-16-13-14-17-28-38(3,4)6-2/h18-25H,5-17,26-28H2,1-4H3. The Kier molecular flexibility index (Phi) is 15.9. The van der Waals surface area contributed by atoms with Crippen molar-refractivity contribution in [2.24, 2.45) is 0 Å². The molecule has 2 aromatic carbocycles. The van der Waals surface area contributed by atoms with Crippen molar-refractivity contribution in [1.82, 2.24) is 0 Å². The number of hydrogen-bond acceptors (Lipinski definition) is 4. The lowest BCUT2D eigenvalue weighted by atomic mass is 10.1. The van der Waals surface area contributed by atoms with Gasteiger partial charge in [0, 0.05) is 8.07 Å². The molecular formula is C33H52O4Si. The second-order valence-corrected chi connectivity index (χ2v) is 16.8. The van der Waals surface area contributed by atoms with E-state index in [2.05, 4.69) is 26.9 Å². The molecule has 5 heteroatoms. The Balaban J connectivity index is 1.59. The Morgan fingerprint density at radius 2 is 1.05 bits per heavy atom. The number of benzene rings is 2. The van der Waals surface area contributed by atoms with E-state index < -0.39 is 8.07 Å². The molecule has 0 N–H and O–H groups in total. The number of esters is 1. The lowest BCUT2D eigenvalue weighted by molar-refractivity contribution is 0.0734. The van der Waals surface area contributed by atoms with Crippen molar-refractivity contribution >= 4 is 14.0 Å². The van der Waals surface area contributed by atoms with E-state index in [1.165, 1.54) is 76.3 Å². The van der Waals surface area contributed by atoms with E-state index in [9.17, 15) is 4.79 Å². The van der Waals surface area contributed by atoms with Gasteiger partial charge in [-0.1, -0.05) is 103 Å². The van der Waals surface area contributed by atoms with Crippen molar-refractivity contribution in [2.45, 2.75) is 116 Å². The van der Waals surface area contributed by atoms with Crippen LogP contribution in [-0.4, -0.2) is 27.3 Å². The predicted molar refractivity (Wildman–Crippen MR) is 163 cm³/mol. The molecule has 0 unspecified atom stereocenters. The molecular weight excluding hydrogens is 488 g/mol. The summed E-state index contributed by atoms with van der Waals surface area (Å²) in [4.78, 5) is 12.5. The quantitative estimate of drug-likeness (QED) is 0.0684. The van der Waals surface area contributed by atoms with Crippen LogP contribution in [-0.2, 0) is 0 Å². The van der Waals surface area contributed by atoms with Gasteiger partial charge in [-0.3, -0.25) is 0 Å². The van der Waals surface area contributed by atoms with Crippen LogP contribution in [0.5, 0.6) is 17.2 Å². The van der Waals surface area contributed by atoms with Crippen LogP contribution in [0, 0.1) is 0 Å². The third-order valence-corrected chi connectivity index (χ3v) is 11.0. The molecule has 0 atom stereocenters. The summed E-state index contributed by atoms with van der Waals surface area (Å²) < 4.78 is 17.2. The molecule has 0 bridgehead atoms. The minimum atomic E-state index is -0.926. The van der Waals surface area contributed by atoms with Crippen LogP contribution in [0.4, 0.5) is 0 Å². The normalized spacial score (nSPS) is 11.4. The molecule has 0 saturated heterocycles. The molecule has 38 heavy (non-hydrogen) atoms. The minimum Gasteiger partial charge on any atom is -0.494 e. The number of rotatable bonds is 21. The van der Waals surface area contributed by atoms with Crippen LogP contribution < -0.4 is 14.2 Å². The minimum absolute atomic E-state index is 0.373. The monoisotopic (exact) mass is 540 g/mol. The maximum absolute atomic E-state index is 12.5. The molecule has 0 radical (unpaired) electrons. The highest BCUT2D eigenvalue weighted by atomic mass is 28.3. The number of unbranched alkanes of at least 4 members (excludes halogenated alkanes) is 10. The van der Waals surface area contributed by atoms with Crippen LogP contribution in [0.1, 0.15) is 101 Å². The molecule has 0 aliphatic heterocycles. The number of ether oxygens (including phenoxy) is 3. The van der Waals surface area contributed by atoms with E-state index >= 15 is 0 Å². The van der Waals surface area contributed by atoms with Crippen molar-refractivity contribution in [3.63, 3.8) is 0 Å². The molecule has 0 spiro atoms. The SMILES string of the molecule is CCCCCCCCCCOc1ccc(C(=O)Oc2ccc(OCCCCCC[Si](C)(C)CC)cc2)cc1. The Bertz CT molecular complexity index is 877. The van der Waals surface area contributed by atoms with Gasteiger partial charge < -0.3 is 14.2 Å². The highest BCUT2D eigenvalue weighted by molar-refractivity contribution is 6.77. The fourth-order valence-electron chi connectivity index (χ4n) is 4.31. The Labute approximate surface area is 233 Å². The zero-order valence-electron chi connectivity index (χ0n) is 24.6. The van der Waals surface area contributed by atoms with Crippen LogP contribution >= 0.6 is 0 Å². The highest BCUT2D eigenvalue weighted by Crippen LogP contribution is 2.21. The Morgan fingerprint density at radius 3 is 1.58 bits per heavy atom. The van der Waals surface area contributed by atoms with Crippen LogP contribution in [0.25, 0.3) is 0 Å². The molecule has 0 fully saturated rings. The zero-order valence-corrected chi connectivity index (χ0v) is 25.6. The maximum atomic E-state index is 12.5. The number of hydrogen-bond donors (Lipinski definition) is 0. The van der Waals surface area contributed by atoms with Crippen molar-refractivity contribution in [3.8, 4) is 17.2 Å². The second kappa shape index (κ2) is 18.9. The van der Waals surface area contributed by atoms with Crippen LogP contribution in [0.2, 0.25) is 25.2 Å². The van der Waals surface area contributed by atoms with Gasteiger partial charge in [-0.15, -0.1) is 0 Å². The van der Waals surface area contributed by atoms with Crippen molar-refractivity contribution in [2.75, 3.05) is 13.2 Å². The van der Waals surface area contributed by atoms with Gasteiger partial charge in [0.05, 0.1) is 18.8 Å². The summed E-state index contributed by atoms with van der Waals surface area (Å²) in [5.74, 6) is 1.74. The average Bonchev–Trinajstić information content (AvgIpc) is 2.92. The second-order valence-electron chi connectivity index (χ2n) is 11.2. The summed E-state index contributed by atoms with van der Waals surface area (Å²) in [5, 5.41) is 0. The smallest absolute Gasteiger partial charge is 0.343 e. The van der Waals surface area contributed by atoms with Gasteiger partial charge in [0.15, 0.2) is 0 Å². The Hall–Kier alpha value is -2.27. The molecule has 0 aliphatic carbocycles.